The van der Waals surface area contributed by atoms with Gasteiger partial charge in [0.2, 0.25) is 5.91 Å². The van der Waals surface area contributed by atoms with Gasteiger partial charge >= 0.3 is 0 Å². The first-order chi connectivity index (χ1) is 18.9. The van der Waals surface area contributed by atoms with Crippen LogP contribution in [0, 0.1) is 6.92 Å². The molecule has 1 N–H and O–H groups in total. The van der Waals surface area contributed by atoms with Crippen LogP contribution in [0.4, 0.5) is 5.69 Å². The largest absolute Gasteiger partial charge is 0.326 e. The maximum Gasteiger partial charge on any atom is 0.265 e. The summed E-state index contributed by atoms with van der Waals surface area (Å²) in [5, 5.41) is 2.88. The Balaban J connectivity index is 1.31. The van der Waals surface area contributed by atoms with Crippen molar-refractivity contribution in [2.24, 2.45) is 4.99 Å². The van der Waals surface area contributed by atoms with Crippen LogP contribution in [0.2, 0.25) is 0 Å². The molecule has 0 aromatic heterocycles. The van der Waals surface area contributed by atoms with Crippen LogP contribution in [0.5, 0.6) is 0 Å². The summed E-state index contributed by atoms with van der Waals surface area (Å²) < 4.78 is 0. The number of carbonyl (C=O) groups excluding carboxylic acids is 3. The predicted molar refractivity (Wildman–Crippen MR) is 153 cm³/mol. The van der Waals surface area contributed by atoms with Gasteiger partial charge in [-0.15, -0.1) is 0 Å². The number of amidine groups is 1. The zero-order valence-corrected chi connectivity index (χ0v) is 21.9. The van der Waals surface area contributed by atoms with Gasteiger partial charge in [-0.3, -0.25) is 19.3 Å². The van der Waals surface area contributed by atoms with Crippen LogP contribution < -0.4 is 5.32 Å². The minimum Gasteiger partial charge on any atom is -0.326 e. The topological polar surface area (TPSA) is 78.8 Å². The fraction of sp³-hybridized carbons (Fsp3) is 0.152. The Morgan fingerprint density at radius 1 is 0.769 bits per heavy atom. The lowest BCUT2D eigenvalue weighted by molar-refractivity contribution is -0.129. The highest BCUT2D eigenvalue weighted by molar-refractivity contribution is 6.13. The molecule has 1 aliphatic rings. The van der Waals surface area contributed by atoms with E-state index in [2.05, 4.69) is 5.32 Å². The number of Topliss-reactive ketones (excluding diaryl/α,β-unsaturated/α-hetero) is 1. The van der Waals surface area contributed by atoms with Gasteiger partial charge in [0, 0.05) is 11.3 Å². The number of rotatable bonds is 8. The van der Waals surface area contributed by atoms with Gasteiger partial charge in [-0.2, -0.15) is 0 Å². The number of amides is 2. The van der Waals surface area contributed by atoms with E-state index in [9.17, 15) is 14.4 Å². The van der Waals surface area contributed by atoms with Gasteiger partial charge < -0.3 is 5.32 Å². The van der Waals surface area contributed by atoms with E-state index >= 15 is 0 Å². The second-order valence-electron chi connectivity index (χ2n) is 9.64. The van der Waals surface area contributed by atoms with E-state index in [1.165, 1.54) is 4.90 Å². The summed E-state index contributed by atoms with van der Waals surface area (Å²) in [5.41, 5.74) is 3.35. The Hall–Kier alpha value is -4.84. The van der Waals surface area contributed by atoms with Crippen LogP contribution >= 0.6 is 0 Å². The smallest absolute Gasteiger partial charge is 0.265 e. The molecule has 0 fully saturated rings. The first-order valence-corrected chi connectivity index (χ1v) is 12.9. The van der Waals surface area contributed by atoms with Crippen molar-refractivity contribution < 1.29 is 14.4 Å². The molecule has 0 saturated heterocycles. The normalized spacial score (nSPS) is 14.2. The van der Waals surface area contributed by atoms with Gasteiger partial charge in [0.05, 0.1) is 13.0 Å². The number of hydrogen-bond acceptors (Lipinski definition) is 4. The lowest BCUT2D eigenvalue weighted by Gasteiger charge is -2.27. The fourth-order valence-electron chi connectivity index (χ4n) is 4.94. The molecule has 5 rings (SSSR count). The van der Waals surface area contributed by atoms with Crippen molar-refractivity contribution in [1.82, 2.24) is 4.90 Å². The fourth-order valence-corrected chi connectivity index (χ4v) is 4.94. The van der Waals surface area contributed by atoms with Gasteiger partial charge in [-0.05, 0) is 60.4 Å². The van der Waals surface area contributed by atoms with Crippen molar-refractivity contribution in [3.63, 3.8) is 0 Å². The minimum atomic E-state index is -1.24. The van der Waals surface area contributed by atoms with E-state index in [1.54, 1.807) is 31.2 Å². The predicted octanol–water partition coefficient (Wildman–Crippen LogP) is 5.56. The van der Waals surface area contributed by atoms with Gasteiger partial charge in [0.15, 0.2) is 11.3 Å². The molecule has 4 aromatic carbocycles. The number of ketones is 1. The molecule has 0 spiro atoms. The van der Waals surface area contributed by atoms with Crippen LogP contribution in [0.1, 0.15) is 39.5 Å². The number of carbonyl (C=O) groups is 3. The summed E-state index contributed by atoms with van der Waals surface area (Å²) in [6.07, 6.45) is 0.271. The van der Waals surface area contributed by atoms with Crippen LogP contribution in [-0.2, 0) is 21.5 Å². The molecule has 0 radical (unpaired) electrons. The van der Waals surface area contributed by atoms with E-state index in [4.69, 9.17) is 4.99 Å². The molecule has 0 saturated carbocycles. The molecular weight excluding hydrogens is 486 g/mol. The van der Waals surface area contributed by atoms with Crippen LogP contribution in [0.25, 0.3) is 0 Å². The summed E-state index contributed by atoms with van der Waals surface area (Å²) in [4.78, 5) is 46.0. The molecule has 4 aromatic rings. The summed E-state index contributed by atoms with van der Waals surface area (Å²) >= 11 is 0. The third kappa shape index (κ3) is 5.14. The monoisotopic (exact) mass is 515 g/mol. The van der Waals surface area contributed by atoms with Crippen LogP contribution in [0.3, 0.4) is 0 Å². The highest BCUT2D eigenvalue weighted by Gasteiger charge is 2.50. The molecule has 0 atom stereocenters. The lowest BCUT2D eigenvalue weighted by atomic mass is 9.83. The number of aryl methyl sites for hydroxylation is 1. The zero-order valence-electron chi connectivity index (χ0n) is 21.9. The van der Waals surface area contributed by atoms with Gasteiger partial charge in [0.1, 0.15) is 5.84 Å². The molecule has 1 heterocycles. The van der Waals surface area contributed by atoms with Crippen molar-refractivity contribution in [1.29, 1.82) is 0 Å². The number of anilines is 1. The Kier molecular flexibility index (Phi) is 7.19. The highest BCUT2D eigenvalue weighted by Crippen LogP contribution is 2.40. The van der Waals surface area contributed by atoms with E-state index in [1.807, 2.05) is 91.9 Å². The SMILES string of the molecule is CC1=NC(c2ccccc2)(c2ccccc2)C(=O)N1CC(=O)c1ccc(NC(=O)Cc2ccccc2C)cc1. The molecule has 0 unspecified atom stereocenters. The third-order valence-corrected chi connectivity index (χ3v) is 7.06. The maximum absolute atomic E-state index is 14.0. The van der Waals surface area contributed by atoms with Gasteiger partial charge in [-0.25, -0.2) is 4.99 Å². The maximum atomic E-state index is 14.0. The molecule has 0 aliphatic carbocycles. The first-order valence-electron chi connectivity index (χ1n) is 12.9. The summed E-state index contributed by atoms with van der Waals surface area (Å²) in [6, 6.07) is 33.4. The highest BCUT2D eigenvalue weighted by atomic mass is 16.2. The second kappa shape index (κ2) is 10.9. The second-order valence-corrected chi connectivity index (χ2v) is 9.64. The minimum absolute atomic E-state index is 0.129. The Morgan fingerprint density at radius 3 is 1.92 bits per heavy atom. The number of aliphatic imine (C=N–C) groups is 1. The standard InChI is InChI=1S/C33H29N3O3/c1-23-11-9-10-12-26(23)21-31(38)34-29-19-17-25(18-20-29)30(37)22-36-24(2)35-33(32(36)39,27-13-5-3-6-14-27)28-15-7-4-8-16-28/h3-20H,21-22H2,1-2H3,(H,34,38). The average molecular weight is 516 g/mol. The van der Waals surface area contributed by atoms with Crippen LogP contribution in [-0.4, -0.2) is 34.9 Å². The van der Waals surface area contributed by atoms with E-state index in [-0.39, 0.29) is 30.6 Å². The van der Waals surface area contributed by atoms with Crippen molar-refractivity contribution >= 4 is 29.1 Å². The Labute approximate surface area is 228 Å². The molecule has 1 aliphatic heterocycles. The Morgan fingerprint density at radius 2 is 1.33 bits per heavy atom. The van der Waals surface area contributed by atoms with Crippen molar-refractivity contribution in [2.75, 3.05) is 11.9 Å². The van der Waals surface area contributed by atoms with E-state index in [0.29, 0.717) is 17.1 Å². The van der Waals surface area contributed by atoms with Crippen LogP contribution in [0.15, 0.2) is 114 Å². The average Bonchev–Trinajstić information content (AvgIpc) is 3.21. The van der Waals surface area contributed by atoms with Crippen molar-refractivity contribution in [2.45, 2.75) is 25.8 Å². The number of nitrogens with zero attached hydrogens (tertiary/aromatic N) is 2. The molecule has 194 valence electrons. The molecular formula is C33H29N3O3. The van der Waals surface area contributed by atoms with Crippen molar-refractivity contribution in [3.05, 3.63) is 137 Å². The molecule has 2 amide bonds. The van der Waals surface area contributed by atoms with E-state index in [0.717, 1.165) is 22.3 Å². The van der Waals surface area contributed by atoms with Gasteiger partial charge in [0.25, 0.3) is 5.91 Å². The number of benzene rings is 4. The van der Waals surface area contributed by atoms with Gasteiger partial charge in [-0.1, -0.05) is 84.9 Å². The first kappa shape index (κ1) is 25.8. The Bertz CT molecular complexity index is 1500. The van der Waals surface area contributed by atoms with Crippen molar-refractivity contribution in [3.8, 4) is 0 Å². The molecule has 39 heavy (non-hydrogen) atoms. The third-order valence-electron chi connectivity index (χ3n) is 7.06. The summed E-state index contributed by atoms with van der Waals surface area (Å²) in [6.45, 7) is 3.60. The lowest BCUT2D eigenvalue weighted by Crippen LogP contribution is -2.43. The molecule has 6 nitrogen and oxygen atoms in total. The molecule has 6 heteroatoms. The quantitative estimate of drug-likeness (QED) is 0.312. The summed E-state index contributed by atoms with van der Waals surface area (Å²) in [7, 11) is 0. The number of hydrogen-bond donors (Lipinski definition) is 1. The zero-order chi connectivity index (χ0) is 27.4. The number of nitrogens with one attached hydrogen (secondary N) is 1. The van der Waals surface area contributed by atoms with E-state index < -0.39 is 5.54 Å². The molecule has 0 bridgehead atoms. The summed E-state index contributed by atoms with van der Waals surface area (Å²) in [5.74, 6) is -0.115.